The Hall–Kier alpha value is -3.58. The number of aliphatic hydroxyl groups is 1. The van der Waals surface area contributed by atoms with Crippen LogP contribution in [0.2, 0.25) is 0 Å². The van der Waals surface area contributed by atoms with Crippen LogP contribution in [0.4, 0.5) is 17.6 Å². The van der Waals surface area contributed by atoms with Gasteiger partial charge in [0.2, 0.25) is 0 Å². The fraction of sp³-hybridized carbons (Fsp3) is 0.227. The monoisotopic (exact) mass is 509 g/mol. The van der Waals surface area contributed by atoms with Gasteiger partial charge in [-0.15, -0.1) is 0 Å². The van der Waals surface area contributed by atoms with Crippen molar-refractivity contribution in [2.24, 2.45) is 0 Å². The third-order valence-corrected chi connectivity index (χ3v) is 7.27. The average molecular weight is 509 g/mol. The number of hydrogen-bond donors (Lipinski definition) is 1. The zero-order chi connectivity index (χ0) is 25.6. The molecule has 0 aliphatic rings. The van der Waals surface area contributed by atoms with Gasteiger partial charge in [0, 0.05) is 11.6 Å². The smallest absolute Gasteiger partial charge is 0.310 e. The lowest BCUT2D eigenvalue weighted by Crippen LogP contribution is -2.48. The van der Waals surface area contributed by atoms with Gasteiger partial charge in [-0.2, -0.15) is 31.5 Å². The number of halogens is 4. The van der Waals surface area contributed by atoms with Gasteiger partial charge < -0.3 is 5.11 Å². The Morgan fingerprint density at radius 2 is 1.74 bits per heavy atom. The lowest BCUT2D eigenvalue weighted by molar-refractivity contribution is -0.206. The lowest BCUT2D eigenvalue weighted by atomic mass is 9.82. The standard InChI is InChI=1S/C22H19F4N5O3S/c1-14-20(15(2)31(29-14)35(33,34)17-6-4-3-5-7-17)22(25,26)21(32,11-30-13-27-12-28-30)18-9-8-16(23)10-19(18)24/h3-10,12-13,32H,11H2,1-2H3. The van der Waals surface area contributed by atoms with Crippen LogP contribution < -0.4 is 0 Å². The maximum absolute atomic E-state index is 16.3. The molecule has 0 amide bonds. The molecule has 1 N–H and O–H groups in total. The SMILES string of the molecule is Cc1nn(S(=O)(=O)c2ccccc2)c(C)c1C(F)(F)C(O)(Cn1cncn1)c1ccc(F)cc1F. The molecule has 0 saturated heterocycles. The first-order chi connectivity index (χ1) is 16.4. The molecule has 1 atom stereocenters. The van der Waals surface area contributed by atoms with Gasteiger partial charge in [0.15, 0.2) is 5.60 Å². The molecule has 0 fully saturated rings. The highest BCUT2D eigenvalue weighted by Crippen LogP contribution is 2.49. The van der Waals surface area contributed by atoms with Crippen molar-refractivity contribution < 1.29 is 31.1 Å². The summed E-state index contributed by atoms with van der Waals surface area (Å²) in [6.45, 7) is 1.25. The van der Waals surface area contributed by atoms with E-state index in [0.717, 1.165) is 37.3 Å². The van der Waals surface area contributed by atoms with E-state index in [1.807, 2.05) is 0 Å². The van der Waals surface area contributed by atoms with Gasteiger partial charge in [-0.25, -0.2) is 18.4 Å². The number of aromatic nitrogens is 5. The summed E-state index contributed by atoms with van der Waals surface area (Å²) in [7, 11) is -4.37. The molecule has 0 radical (unpaired) electrons. The molecule has 0 bridgehead atoms. The van der Waals surface area contributed by atoms with E-state index in [2.05, 4.69) is 15.2 Å². The molecule has 35 heavy (non-hydrogen) atoms. The molecule has 2 aromatic carbocycles. The van der Waals surface area contributed by atoms with Crippen molar-refractivity contribution in [2.45, 2.75) is 36.8 Å². The second-order valence-corrected chi connectivity index (χ2v) is 9.63. The molecule has 0 aliphatic heterocycles. The molecule has 0 saturated carbocycles. The predicted octanol–water partition coefficient (Wildman–Crippen LogP) is 3.29. The molecule has 2 heterocycles. The summed E-state index contributed by atoms with van der Waals surface area (Å²) in [6, 6.07) is 8.85. The van der Waals surface area contributed by atoms with Crippen LogP contribution in [0.25, 0.3) is 0 Å². The first-order valence-corrected chi connectivity index (χ1v) is 11.6. The average Bonchev–Trinajstić information content (AvgIpc) is 3.41. The Morgan fingerprint density at radius 1 is 1.06 bits per heavy atom. The van der Waals surface area contributed by atoms with Gasteiger partial charge in [0.1, 0.15) is 24.3 Å². The van der Waals surface area contributed by atoms with Crippen LogP contribution in [-0.2, 0) is 28.1 Å². The summed E-state index contributed by atoms with van der Waals surface area (Å²) in [5.41, 5.74) is -6.08. The van der Waals surface area contributed by atoms with Gasteiger partial charge in [0.25, 0.3) is 10.0 Å². The van der Waals surface area contributed by atoms with Gasteiger partial charge in [-0.05, 0) is 38.1 Å². The Kier molecular flexibility index (Phi) is 6.01. The van der Waals surface area contributed by atoms with E-state index < -0.39 is 62.2 Å². The number of rotatable bonds is 7. The van der Waals surface area contributed by atoms with Crippen LogP contribution in [0.3, 0.4) is 0 Å². The van der Waals surface area contributed by atoms with Crippen LogP contribution in [0, 0.1) is 25.5 Å². The minimum absolute atomic E-state index is 0.192. The van der Waals surface area contributed by atoms with Crippen LogP contribution in [0.15, 0.2) is 66.1 Å². The minimum atomic E-state index is -4.37. The van der Waals surface area contributed by atoms with Gasteiger partial charge >= 0.3 is 5.92 Å². The quantitative estimate of drug-likeness (QED) is 0.384. The summed E-state index contributed by atoms with van der Waals surface area (Å²) in [6.07, 6.45) is 2.06. The van der Waals surface area contributed by atoms with Crippen molar-refractivity contribution in [1.29, 1.82) is 0 Å². The van der Waals surface area contributed by atoms with Gasteiger partial charge in [-0.3, -0.25) is 0 Å². The molecule has 184 valence electrons. The van der Waals surface area contributed by atoms with Crippen molar-refractivity contribution >= 4 is 10.0 Å². The molecule has 0 aliphatic carbocycles. The third kappa shape index (κ3) is 4.00. The van der Waals surface area contributed by atoms with E-state index in [1.165, 1.54) is 24.3 Å². The number of hydrogen-bond acceptors (Lipinski definition) is 6. The van der Waals surface area contributed by atoms with E-state index >= 15 is 8.78 Å². The molecule has 13 heteroatoms. The van der Waals surface area contributed by atoms with Crippen LogP contribution in [-0.4, -0.2) is 37.5 Å². The van der Waals surface area contributed by atoms with Gasteiger partial charge in [0.05, 0.1) is 28.4 Å². The molecule has 8 nitrogen and oxygen atoms in total. The Bertz CT molecular complexity index is 1470. The van der Waals surface area contributed by atoms with Crippen molar-refractivity contribution in [3.05, 3.63) is 95.3 Å². The molecule has 4 rings (SSSR count). The van der Waals surface area contributed by atoms with Gasteiger partial charge in [-0.1, -0.05) is 18.2 Å². The summed E-state index contributed by atoms with van der Waals surface area (Å²) in [5.74, 6) is -6.78. The number of aryl methyl sites for hydroxylation is 1. The maximum atomic E-state index is 16.3. The Morgan fingerprint density at radius 3 is 2.34 bits per heavy atom. The van der Waals surface area contributed by atoms with Crippen molar-refractivity contribution in [3.8, 4) is 0 Å². The Balaban J connectivity index is 1.93. The van der Waals surface area contributed by atoms with E-state index in [1.54, 1.807) is 6.07 Å². The van der Waals surface area contributed by atoms with Crippen molar-refractivity contribution in [1.82, 2.24) is 24.0 Å². The van der Waals surface area contributed by atoms with Crippen molar-refractivity contribution in [3.63, 3.8) is 0 Å². The lowest BCUT2D eigenvalue weighted by Gasteiger charge is -2.36. The topological polar surface area (TPSA) is 103 Å². The van der Waals surface area contributed by atoms with E-state index in [4.69, 9.17) is 0 Å². The number of benzene rings is 2. The minimum Gasteiger partial charge on any atom is -0.377 e. The molecular formula is C22H19F4N5O3S. The third-order valence-electron chi connectivity index (χ3n) is 5.59. The fourth-order valence-corrected chi connectivity index (χ4v) is 5.32. The molecule has 0 spiro atoms. The molecular weight excluding hydrogens is 490 g/mol. The zero-order valence-corrected chi connectivity index (χ0v) is 19.2. The van der Waals surface area contributed by atoms with Crippen LogP contribution >= 0.6 is 0 Å². The highest BCUT2D eigenvalue weighted by atomic mass is 32.2. The normalized spacial score (nSPS) is 14.1. The second-order valence-electron chi connectivity index (χ2n) is 7.86. The highest BCUT2D eigenvalue weighted by molar-refractivity contribution is 7.89. The Labute approximate surface area is 197 Å². The maximum Gasteiger partial charge on any atom is 0.310 e. The van der Waals surface area contributed by atoms with E-state index in [9.17, 15) is 22.3 Å². The number of alkyl halides is 2. The number of nitrogens with zero attached hydrogens (tertiary/aromatic N) is 5. The fourth-order valence-electron chi connectivity index (χ4n) is 3.93. The zero-order valence-electron chi connectivity index (χ0n) is 18.4. The van der Waals surface area contributed by atoms with E-state index in [-0.39, 0.29) is 4.90 Å². The first-order valence-electron chi connectivity index (χ1n) is 10.1. The van der Waals surface area contributed by atoms with Crippen molar-refractivity contribution in [2.75, 3.05) is 0 Å². The second kappa shape index (κ2) is 8.57. The highest BCUT2D eigenvalue weighted by Gasteiger charge is 2.59. The van der Waals surface area contributed by atoms with Crippen LogP contribution in [0.1, 0.15) is 22.5 Å². The summed E-state index contributed by atoms with van der Waals surface area (Å²) in [5, 5.41) is 18.9. The molecule has 2 aromatic heterocycles. The molecule has 4 aromatic rings. The van der Waals surface area contributed by atoms with E-state index in [0.29, 0.717) is 16.2 Å². The molecule has 1 unspecified atom stereocenters. The summed E-state index contributed by atoms with van der Waals surface area (Å²) >= 11 is 0. The predicted molar refractivity (Wildman–Crippen MR) is 115 cm³/mol. The summed E-state index contributed by atoms with van der Waals surface area (Å²) in [4.78, 5) is 3.45. The largest absolute Gasteiger partial charge is 0.377 e. The summed E-state index contributed by atoms with van der Waals surface area (Å²) < 4.78 is 88.3. The van der Waals surface area contributed by atoms with Crippen LogP contribution in [0.5, 0.6) is 0 Å². The first kappa shape index (κ1) is 24.5.